The second-order valence-electron chi connectivity index (χ2n) is 5.92. The minimum absolute atomic E-state index is 0.192. The minimum atomic E-state index is -0.579. The molecule has 2 aromatic carbocycles. The molecule has 0 atom stereocenters. The van der Waals surface area contributed by atoms with E-state index in [2.05, 4.69) is 5.32 Å². The summed E-state index contributed by atoms with van der Waals surface area (Å²) in [5.41, 5.74) is 2.44. The van der Waals surface area contributed by atoms with Crippen LogP contribution >= 0.6 is 11.6 Å². The van der Waals surface area contributed by atoms with E-state index in [4.69, 9.17) is 25.8 Å². The summed E-state index contributed by atoms with van der Waals surface area (Å²) in [5, 5.41) is 3.61. The molecule has 1 aliphatic rings. The van der Waals surface area contributed by atoms with Crippen LogP contribution in [0.1, 0.15) is 33.2 Å². The van der Waals surface area contributed by atoms with Gasteiger partial charge in [0.2, 0.25) is 0 Å². The van der Waals surface area contributed by atoms with Crippen molar-refractivity contribution in [1.82, 2.24) is 0 Å². The number of benzene rings is 2. The number of carbonyl (C=O) groups is 2. The molecule has 1 N–H and O–H groups in total. The Hall–Kier alpha value is -2.73. The molecule has 0 amide bonds. The molecule has 7 heteroatoms. The first-order valence-corrected chi connectivity index (χ1v) is 8.96. The molecule has 0 radical (unpaired) electrons. The molecule has 27 heavy (non-hydrogen) atoms. The van der Waals surface area contributed by atoms with Crippen LogP contribution in [0.3, 0.4) is 0 Å². The smallest absolute Gasteiger partial charge is 0.341 e. The number of ether oxygens (including phenoxy) is 3. The van der Waals surface area contributed by atoms with Crippen LogP contribution in [-0.2, 0) is 9.47 Å². The fourth-order valence-electron chi connectivity index (χ4n) is 3.23. The highest BCUT2D eigenvalue weighted by Crippen LogP contribution is 2.46. The lowest BCUT2D eigenvalue weighted by molar-refractivity contribution is 0.0527. The molecule has 0 unspecified atom stereocenters. The monoisotopic (exact) mass is 389 g/mol. The third kappa shape index (κ3) is 3.32. The molecule has 0 saturated carbocycles. The zero-order valence-electron chi connectivity index (χ0n) is 15.3. The predicted octanol–water partition coefficient (Wildman–Crippen LogP) is 4.08. The third-order valence-corrected chi connectivity index (χ3v) is 4.68. The highest BCUT2D eigenvalue weighted by Gasteiger charge is 2.33. The average Bonchev–Trinajstić information content (AvgIpc) is 2.68. The highest BCUT2D eigenvalue weighted by molar-refractivity contribution is 6.34. The topological polar surface area (TPSA) is 73.9 Å². The standard InChI is InChI=1S/C20H20ClNO5/c1-4-26-20(24)16-15(12-7-5-6-8-13(12)21)14(19(23)25-3)11(2)18-17(16)22-9-10-27-18/h5-8,22H,4,9-10H2,1-3H3. The Morgan fingerprint density at radius 3 is 2.63 bits per heavy atom. The SMILES string of the molecule is CCOC(=O)c1c2c(c(C)c(C(=O)OC)c1-c1ccccc1Cl)OCCN2. The zero-order valence-corrected chi connectivity index (χ0v) is 16.1. The molecule has 2 aromatic rings. The Bertz CT molecular complexity index is 910. The summed E-state index contributed by atoms with van der Waals surface area (Å²) >= 11 is 6.41. The van der Waals surface area contributed by atoms with E-state index in [1.165, 1.54) is 7.11 Å². The summed E-state index contributed by atoms with van der Waals surface area (Å²) < 4.78 is 16.0. The summed E-state index contributed by atoms with van der Waals surface area (Å²) in [5.74, 6) is -0.697. The number of halogens is 1. The van der Waals surface area contributed by atoms with Gasteiger partial charge in [0.1, 0.15) is 12.4 Å². The largest absolute Gasteiger partial charge is 0.489 e. The summed E-state index contributed by atoms with van der Waals surface area (Å²) in [7, 11) is 1.29. The maximum atomic E-state index is 12.9. The summed E-state index contributed by atoms with van der Waals surface area (Å²) in [4.78, 5) is 25.5. The van der Waals surface area contributed by atoms with Gasteiger partial charge >= 0.3 is 11.9 Å². The molecule has 0 bridgehead atoms. The van der Waals surface area contributed by atoms with Crippen LogP contribution in [-0.4, -0.2) is 38.8 Å². The molecule has 1 heterocycles. The first kappa shape index (κ1) is 19.0. The number of esters is 2. The maximum Gasteiger partial charge on any atom is 0.341 e. The molecular formula is C20H20ClNO5. The van der Waals surface area contributed by atoms with Crippen molar-refractivity contribution in [1.29, 1.82) is 0 Å². The maximum absolute atomic E-state index is 12.9. The van der Waals surface area contributed by atoms with Gasteiger partial charge in [-0.25, -0.2) is 9.59 Å². The van der Waals surface area contributed by atoms with Crippen LogP contribution in [0.4, 0.5) is 5.69 Å². The van der Waals surface area contributed by atoms with Gasteiger partial charge in [-0.1, -0.05) is 29.8 Å². The molecule has 0 aromatic heterocycles. The fourth-order valence-corrected chi connectivity index (χ4v) is 3.46. The van der Waals surface area contributed by atoms with Crippen molar-refractivity contribution in [2.75, 3.05) is 32.2 Å². The molecule has 142 valence electrons. The molecule has 1 aliphatic heterocycles. The number of hydrogen-bond acceptors (Lipinski definition) is 6. The summed E-state index contributed by atoms with van der Waals surface area (Å²) in [6.07, 6.45) is 0. The van der Waals surface area contributed by atoms with E-state index in [0.29, 0.717) is 46.3 Å². The van der Waals surface area contributed by atoms with E-state index >= 15 is 0 Å². The van der Waals surface area contributed by atoms with Gasteiger partial charge in [-0.15, -0.1) is 0 Å². The van der Waals surface area contributed by atoms with Crippen molar-refractivity contribution in [3.63, 3.8) is 0 Å². The summed E-state index contributed by atoms with van der Waals surface area (Å²) in [6, 6.07) is 7.02. The molecule has 0 saturated heterocycles. The number of fused-ring (bicyclic) bond motifs is 1. The van der Waals surface area contributed by atoms with E-state index in [9.17, 15) is 9.59 Å². The molecule has 0 spiro atoms. The lowest BCUT2D eigenvalue weighted by atomic mass is 9.88. The van der Waals surface area contributed by atoms with Gasteiger partial charge in [0.15, 0.2) is 0 Å². The van der Waals surface area contributed by atoms with Crippen molar-refractivity contribution in [3.05, 3.63) is 46.0 Å². The number of hydrogen-bond donors (Lipinski definition) is 1. The second-order valence-corrected chi connectivity index (χ2v) is 6.33. The van der Waals surface area contributed by atoms with Crippen LogP contribution in [0.2, 0.25) is 5.02 Å². The van der Waals surface area contributed by atoms with Crippen molar-refractivity contribution in [2.45, 2.75) is 13.8 Å². The zero-order chi connectivity index (χ0) is 19.6. The molecule has 0 aliphatic carbocycles. The average molecular weight is 390 g/mol. The van der Waals surface area contributed by atoms with Crippen molar-refractivity contribution < 1.29 is 23.8 Å². The van der Waals surface area contributed by atoms with Crippen molar-refractivity contribution in [3.8, 4) is 16.9 Å². The number of methoxy groups -OCH3 is 1. The molecular weight excluding hydrogens is 370 g/mol. The van der Waals surface area contributed by atoms with Crippen molar-refractivity contribution >= 4 is 29.2 Å². The Morgan fingerprint density at radius 1 is 1.22 bits per heavy atom. The molecule has 3 rings (SSSR count). The third-order valence-electron chi connectivity index (χ3n) is 4.36. The predicted molar refractivity (Wildman–Crippen MR) is 103 cm³/mol. The van der Waals surface area contributed by atoms with E-state index in [1.807, 2.05) is 0 Å². The van der Waals surface area contributed by atoms with Crippen LogP contribution in [0.5, 0.6) is 5.75 Å². The number of nitrogens with one attached hydrogen (secondary N) is 1. The fraction of sp³-hybridized carbons (Fsp3) is 0.300. The normalized spacial score (nSPS) is 12.4. The van der Waals surface area contributed by atoms with Gasteiger partial charge in [-0.2, -0.15) is 0 Å². The van der Waals surface area contributed by atoms with Crippen molar-refractivity contribution in [2.24, 2.45) is 0 Å². The first-order valence-electron chi connectivity index (χ1n) is 8.58. The van der Waals surface area contributed by atoms with Gasteiger partial charge in [-0.05, 0) is 19.9 Å². The van der Waals surface area contributed by atoms with E-state index < -0.39 is 11.9 Å². The van der Waals surface area contributed by atoms with Gasteiger partial charge in [-0.3, -0.25) is 0 Å². The van der Waals surface area contributed by atoms with Crippen LogP contribution < -0.4 is 10.1 Å². The Morgan fingerprint density at radius 2 is 1.96 bits per heavy atom. The first-order chi connectivity index (χ1) is 13.0. The van der Waals surface area contributed by atoms with E-state index in [1.54, 1.807) is 38.1 Å². The second kappa shape index (κ2) is 7.88. The van der Waals surface area contributed by atoms with Crippen LogP contribution in [0.15, 0.2) is 24.3 Å². The van der Waals surface area contributed by atoms with Gasteiger partial charge in [0.25, 0.3) is 0 Å². The Balaban J connectivity index is 2.47. The number of anilines is 1. The quantitative estimate of drug-likeness (QED) is 0.794. The minimum Gasteiger partial charge on any atom is -0.489 e. The van der Waals surface area contributed by atoms with E-state index in [0.717, 1.165) is 0 Å². The number of rotatable bonds is 4. The van der Waals surface area contributed by atoms with Crippen LogP contribution in [0.25, 0.3) is 11.1 Å². The lowest BCUT2D eigenvalue weighted by Crippen LogP contribution is -2.24. The molecule has 0 fully saturated rings. The lowest BCUT2D eigenvalue weighted by Gasteiger charge is -2.27. The van der Waals surface area contributed by atoms with Crippen LogP contribution in [0, 0.1) is 6.92 Å². The van der Waals surface area contributed by atoms with Gasteiger partial charge < -0.3 is 19.5 Å². The highest BCUT2D eigenvalue weighted by atomic mass is 35.5. The van der Waals surface area contributed by atoms with Gasteiger partial charge in [0, 0.05) is 28.3 Å². The number of carbonyl (C=O) groups excluding carboxylic acids is 2. The Kier molecular flexibility index (Phi) is 5.56. The molecule has 6 nitrogen and oxygen atoms in total. The summed E-state index contributed by atoms with van der Waals surface area (Å²) in [6.45, 7) is 4.62. The van der Waals surface area contributed by atoms with Gasteiger partial charge in [0.05, 0.1) is 30.5 Å². The van der Waals surface area contributed by atoms with E-state index in [-0.39, 0.29) is 17.7 Å². The Labute approximate surface area is 162 Å².